The third-order valence-electron chi connectivity index (χ3n) is 7.92. The quantitative estimate of drug-likeness (QED) is 0.291. The van der Waals surface area contributed by atoms with E-state index in [1.807, 2.05) is 38.1 Å². The van der Waals surface area contributed by atoms with Gasteiger partial charge in [-0.25, -0.2) is 8.42 Å². The molecule has 0 spiro atoms. The minimum atomic E-state index is -4.16. The van der Waals surface area contributed by atoms with Crippen LogP contribution in [0.1, 0.15) is 61.3 Å². The Kier molecular flexibility index (Phi) is 10.3. The zero-order chi connectivity index (χ0) is 30.4. The van der Waals surface area contributed by atoms with Gasteiger partial charge in [-0.15, -0.1) is 0 Å². The lowest BCUT2D eigenvalue weighted by molar-refractivity contribution is -0.139. The molecule has 1 fully saturated rings. The van der Waals surface area contributed by atoms with Gasteiger partial charge in [0.15, 0.2) is 0 Å². The van der Waals surface area contributed by atoms with Gasteiger partial charge in [0.25, 0.3) is 10.0 Å². The third-order valence-corrected chi connectivity index (χ3v) is 9.93. The predicted octanol–water partition coefficient (Wildman–Crippen LogP) is 6.33. The van der Waals surface area contributed by atoms with Crippen LogP contribution in [-0.4, -0.2) is 43.8 Å². The molecule has 7 nitrogen and oxygen atoms in total. The Morgan fingerprint density at radius 3 is 2.12 bits per heavy atom. The van der Waals surface area contributed by atoms with Crippen molar-refractivity contribution in [2.24, 2.45) is 0 Å². The topological polar surface area (TPSA) is 86.8 Å². The van der Waals surface area contributed by atoms with Crippen molar-refractivity contribution in [1.29, 1.82) is 0 Å². The summed E-state index contributed by atoms with van der Waals surface area (Å²) in [6, 6.07) is 18.5. The number of amides is 2. The summed E-state index contributed by atoms with van der Waals surface area (Å²) in [5, 5.41) is 3.48. The number of rotatable bonds is 10. The summed E-state index contributed by atoms with van der Waals surface area (Å²) in [7, 11) is -4.16. The minimum Gasteiger partial charge on any atom is -0.352 e. The first-order valence-corrected chi connectivity index (χ1v) is 16.3. The van der Waals surface area contributed by atoms with Crippen LogP contribution >= 0.6 is 11.6 Å². The van der Waals surface area contributed by atoms with E-state index in [4.69, 9.17) is 11.6 Å². The number of sulfonamides is 1. The maximum Gasteiger partial charge on any atom is 0.264 e. The molecule has 3 aromatic rings. The van der Waals surface area contributed by atoms with Crippen molar-refractivity contribution in [2.75, 3.05) is 10.8 Å². The highest BCUT2D eigenvalue weighted by atomic mass is 35.5. The molecule has 0 heterocycles. The first kappa shape index (κ1) is 31.6. The van der Waals surface area contributed by atoms with Crippen molar-refractivity contribution in [3.05, 3.63) is 94.0 Å². The molecular weight excluding hydrogens is 570 g/mol. The number of nitrogens with one attached hydrogen (secondary N) is 1. The first-order chi connectivity index (χ1) is 20.0. The van der Waals surface area contributed by atoms with Crippen molar-refractivity contribution >= 4 is 39.1 Å². The monoisotopic (exact) mass is 609 g/mol. The summed E-state index contributed by atoms with van der Waals surface area (Å²) in [6.07, 6.45) is 5.13. The van der Waals surface area contributed by atoms with Crippen LogP contribution in [0.4, 0.5) is 5.69 Å². The Morgan fingerprint density at radius 1 is 0.905 bits per heavy atom. The van der Waals surface area contributed by atoms with Gasteiger partial charge in [0.2, 0.25) is 11.8 Å². The van der Waals surface area contributed by atoms with E-state index in [-0.39, 0.29) is 23.4 Å². The zero-order valence-corrected chi connectivity index (χ0v) is 26.3. The molecule has 1 unspecified atom stereocenters. The van der Waals surface area contributed by atoms with Gasteiger partial charge in [0, 0.05) is 17.6 Å². The number of carbonyl (C=O) groups is 2. The molecule has 1 aliphatic carbocycles. The molecular formula is C33H40ClN3O4S. The van der Waals surface area contributed by atoms with Gasteiger partial charge < -0.3 is 10.2 Å². The molecule has 1 saturated carbocycles. The van der Waals surface area contributed by atoms with Gasteiger partial charge in [-0.3, -0.25) is 13.9 Å². The van der Waals surface area contributed by atoms with E-state index in [1.165, 1.54) is 17.0 Å². The van der Waals surface area contributed by atoms with Crippen LogP contribution in [-0.2, 0) is 26.2 Å². The van der Waals surface area contributed by atoms with Crippen molar-refractivity contribution < 1.29 is 18.0 Å². The van der Waals surface area contributed by atoms with Crippen LogP contribution in [0.2, 0.25) is 5.02 Å². The summed E-state index contributed by atoms with van der Waals surface area (Å²) >= 11 is 6.31. The van der Waals surface area contributed by atoms with E-state index in [1.54, 1.807) is 44.2 Å². The van der Waals surface area contributed by atoms with E-state index < -0.39 is 28.5 Å². The second-order valence-electron chi connectivity index (χ2n) is 11.3. The van der Waals surface area contributed by atoms with Crippen molar-refractivity contribution in [2.45, 2.75) is 83.3 Å². The Hall–Kier alpha value is -3.36. The van der Waals surface area contributed by atoms with Crippen molar-refractivity contribution in [1.82, 2.24) is 10.2 Å². The molecule has 4 rings (SSSR count). The zero-order valence-electron chi connectivity index (χ0n) is 24.8. The van der Waals surface area contributed by atoms with E-state index in [0.717, 1.165) is 53.1 Å². The standard InChI is InChI=1S/C33H40ClN3O4S/c1-23-10-15-27(16-11-23)21-36(26(4)33(39)35-29-8-6-5-7-9-29)32(38)22-37(31-20-28(34)17-14-25(31)3)42(40,41)30-18-12-24(2)13-19-30/h10-20,26,29H,5-9,21-22H2,1-4H3,(H,35,39). The molecule has 0 bridgehead atoms. The van der Waals surface area contributed by atoms with Crippen LogP contribution in [0.5, 0.6) is 0 Å². The van der Waals surface area contributed by atoms with Gasteiger partial charge in [-0.2, -0.15) is 0 Å². The van der Waals surface area contributed by atoms with Gasteiger partial charge in [-0.05, 0) is 75.9 Å². The number of anilines is 1. The molecule has 224 valence electrons. The average Bonchev–Trinajstić information content (AvgIpc) is 2.97. The highest BCUT2D eigenvalue weighted by Gasteiger charge is 2.34. The van der Waals surface area contributed by atoms with Crippen LogP contribution < -0.4 is 9.62 Å². The molecule has 0 radical (unpaired) electrons. The molecule has 1 atom stereocenters. The van der Waals surface area contributed by atoms with E-state index in [0.29, 0.717) is 16.3 Å². The number of aryl methyl sites for hydroxylation is 3. The highest BCUT2D eigenvalue weighted by molar-refractivity contribution is 7.92. The van der Waals surface area contributed by atoms with E-state index in [2.05, 4.69) is 5.32 Å². The summed E-state index contributed by atoms with van der Waals surface area (Å²) in [5.74, 6) is -0.730. The second kappa shape index (κ2) is 13.7. The molecule has 42 heavy (non-hydrogen) atoms. The Bertz CT molecular complexity index is 1500. The third kappa shape index (κ3) is 7.72. The SMILES string of the molecule is Cc1ccc(CN(C(=O)CN(c2cc(Cl)ccc2C)S(=O)(=O)c2ccc(C)cc2)C(C)C(=O)NC2CCCCC2)cc1. The molecule has 0 aliphatic heterocycles. The fraction of sp³-hybridized carbons (Fsp3) is 0.394. The lowest BCUT2D eigenvalue weighted by Crippen LogP contribution is -2.53. The number of hydrogen-bond donors (Lipinski definition) is 1. The van der Waals surface area contributed by atoms with Gasteiger partial charge >= 0.3 is 0 Å². The minimum absolute atomic E-state index is 0.0634. The number of benzene rings is 3. The molecule has 0 aromatic heterocycles. The molecule has 2 amide bonds. The lowest BCUT2D eigenvalue weighted by atomic mass is 9.95. The van der Waals surface area contributed by atoms with Gasteiger partial charge in [-0.1, -0.05) is 84.5 Å². The Balaban J connectivity index is 1.70. The van der Waals surface area contributed by atoms with Crippen molar-refractivity contribution in [3.8, 4) is 0 Å². The fourth-order valence-corrected chi connectivity index (χ4v) is 6.88. The van der Waals surface area contributed by atoms with Crippen LogP contribution in [0.15, 0.2) is 71.6 Å². The Labute approximate surface area is 254 Å². The largest absolute Gasteiger partial charge is 0.352 e. The summed E-state index contributed by atoms with van der Waals surface area (Å²) in [6.45, 7) is 7.00. The van der Waals surface area contributed by atoms with E-state index in [9.17, 15) is 18.0 Å². The molecule has 0 saturated heterocycles. The summed E-state index contributed by atoms with van der Waals surface area (Å²) in [5.41, 5.74) is 3.80. The second-order valence-corrected chi connectivity index (χ2v) is 13.6. The molecule has 1 aliphatic rings. The first-order valence-electron chi connectivity index (χ1n) is 14.5. The number of carbonyl (C=O) groups excluding carboxylic acids is 2. The molecule has 1 N–H and O–H groups in total. The Morgan fingerprint density at radius 2 is 1.50 bits per heavy atom. The van der Waals surface area contributed by atoms with Gasteiger partial charge in [0.1, 0.15) is 12.6 Å². The highest BCUT2D eigenvalue weighted by Crippen LogP contribution is 2.30. The van der Waals surface area contributed by atoms with E-state index >= 15 is 0 Å². The number of nitrogens with zero attached hydrogens (tertiary/aromatic N) is 2. The maximum absolute atomic E-state index is 14.2. The molecule has 3 aromatic carbocycles. The number of halogens is 1. The summed E-state index contributed by atoms with van der Waals surface area (Å²) < 4.78 is 29.2. The summed E-state index contributed by atoms with van der Waals surface area (Å²) in [4.78, 5) is 29.2. The van der Waals surface area contributed by atoms with Crippen LogP contribution in [0.3, 0.4) is 0 Å². The van der Waals surface area contributed by atoms with Crippen LogP contribution in [0, 0.1) is 20.8 Å². The fourth-order valence-electron chi connectivity index (χ4n) is 5.24. The molecule has 9 heteroatoms. The van der Waals surface area contributed by atoms with Crippen molar-refractivity contribution in [3.63, 3.8) is 0 Å². The predicted molar refractivity (Wildman–Crippen MR) is 168 cm³/mol. The lowest BCUT2D eigenvalue weighted by Gasteiger charge is -2.33. The number of hydrogen-bond acceptors (Lipinski definition) is 4. The normalized spacial score (nSPS) is 14.7. The van der Waals surface area contributed by atoms with Crippen LogP contribution in [0.25, 0.3) is 0 Å². The average molecular weight is 610 g/mol. The van der Waals surface area contributed by atoms with Gasteiger partial charge in [0.05, 0.1) is 10.6 Å². The smallest absolute Gasteiger partial charge is 0.264 e. The maximum atomic E-state index is 14.2.